The molecule has 0 spiro atoms. The third kappa shape index (κ3) is 2.04. The van der Waals surface area contributed by atoms with Crippen molar-refractivity contribution in [3.63, 3.8) is 0 Å². The van der Waals surface area contributed by atoms with Gasteiger partial charge in [0.2, 0.25) is 0 Å². The number of hydrogen-bond donors (Lipinski definition) is 0. The maximum Gasteiger partial charge on any atom is 0.0726 e. The van der Waals surface area contributed by atoms with E-state index in [9.17, 15) is 0 Å². The summed E-state index contributed by atoms with van der Waals surface area (Å²) in [6.07, 6.45) is 9.04. The highest BCUT2D eigenvalue weighted by molar-refractivity contribution is 5.08. The molecule has 2 unspecified atom stereocenters. The minimum atomic E-state index is 0.400. The fourth-order valence-electron chi connectivity index (χ4n) is 0.910. The zero-order chi connectivity index (χ0) is 7.40. The molecule has 1 aliphatic carbocycles. The number of ether oxygens (including phenoxy) is 1. The molecule has 1 rings (SSSR count). The van der Waals surface area contributed by atoms with Crippen LogP contribution in [0.5, 0.6) is 0 Å². The van der Waals surface area contributed by atoms with E-state index < -0.39 is 0 Å². The van der Waals surface area contributed by atoms with E-state index in [-0.39, 0.29) is 0 Å². The Labute approximate surface area is 62.8 Å². The lowest BCUT2D eigenvalue weighted by molar-refractivity contribution is 0.111. The van der Waals surface area contributed by atoms with Gasteiger partial charge < -0.3 is 4.74 Å². The average molecular weight is 138 g/mol. The molecule has 0 heterocycles. The summed E-state index contributed by atoms with van der Waals surface area (Å²) in [6, 6.07) is 0. The largest absolute Gasteiger partial charge is 0.377 e. The van der Waals surface area contributed by atoms with Gasteiger partial charge in [0, 0.05) is 12.5 Å². The molecule has 0 aromatic rings. The van der Waals surface area contributed by atoms with Crippen LogP contribution in [-0.2, 0) is 4.74 Å². The summed E-state index contributed by atoms with van der Waals surface area (Å²) in [4.78, 5) is 0. The van der Waals surface area contributed by atoms with Crippen LogP contribution in [0.3, 0.4) is 0 Å². The van der Waals surface area contributed by atoms with Gasteiger partial charge in [-0.25, -0.2) is 0 Å². The van der Waals surface area contributed by atoms with E-state index in [4.69, 9.17) is 11.2 Å². The molecule has 0 radical (unpaired) electrons. The third-order valence-electron chi connectivity index (χ3n) is 1.78. The Bertz CT molecular complexity index is 134. The summed E-state index contributed by atoms with van der Waals surface area (Å²) >= 11 is 0. The molecule has 1 aliphatic rings. The first-order valence-corrected chi connectivity index (χ1v) is 3.96. The average Bonchev–Trinajstić information content (AvgIpc) is 2.68. The number of rotatable bonds is 4. The highest BCUT2D eigenvalue weighted by Crippen LogP contribution is 2.32. The van der Waals surface area contributed by atoms with E-state index in [0.717, 1.165) is 19.4 Å². The van der Waals surface area contributed by atoms with Crippen molar-refractivity contribution in [2.24, 2.45) is 5.92 Å². The molecule has 1 nitrogen and oxygen atoms in total. The summed E-state index contributed by atoms with van der Waals surface area (Å²) in [6.45, 7) is 3.05. The van der Waals surface area contributed by atoms with E-state index in [1.807, 2.05) is 0 Å². The van der Waals surface area contributed by atoms with Crippen molar-refractivity contribution in [3.8, 4) is 12.3 Å². The van der Waals surface area contributed by atoms with E-state index in [0.29, 0.717) is 12.0 Å². The number of hydrogen-bond acceptors (Lipinski definition) is 1. The van der Waals surface area contributed by atoms with E-state index >= 15 is 0 Å². The lowest BCUT2D eigenvalue weighted by Gasteiger charge is -1.98. The van der Waals surface area contributed by atoms with Gasteiger partial charge >= 0.3 is 0 Å². The molecule has 1 saturated carbocycles. The lowest BCUT2D eigenvalue weighted by atomic mass is 10.4. The van der Waals surface area contributed by atoms with Crippen LogP contribution >= 0.6 is 0 Å². The smallest absolute Gasteiger partial charge is 0.0726 e. The first-order chi connectivity index (χ1) is 4.88. The van der Waals surface area contributed by atoms with Gasteiger partial charge in [-0.05, 0) is 12.8 Å². The van der Waals surface area contributed by atoms with Crippen LogP contribution in [-0.4, -0.2) is 12.7 Å². The second-order valence-corrected chi connectivity index (χ2v) is 2.77. The van der Waals surface area contributed by atoms with E-state index in [2.05, 4.69) is 12.8 Å². The number of unbranched alkanes of at least 4 members (excludes halogenated alkanes) is 1. The minimum absolute atomic E-state index is 0.400. The first-order valence-electron chi connectivity index (χ1n) is 3.96. The van der Waals surface area contributed by atoms with Crippen molar-refractivity contribution in [3.05, 3.63) is 0 Å². The molecule has 0 N–H and O–H groups in total. The predicted octanol–water partition coefficient (Wildman–Crippen LogP) is 1.82. The fraction of sp³-hybridized carbons (Fsp3) is 0.778. The van der Waals surface area contributed by atoms with Crippen LogP contribution in [0, 0.1) is 18.3 Å². The molecule has 1 heteroatoms. The van der Waals surface area contributed by atoms with Crippen molar-refractivity contribution in [1.82, 2.24) is 0 Å². The zero-order valence-corrected chi connectivity index (χ0v) is 6.47. The SMILES string of the molecule is C#CC1CC1OCCCC. The maximum atomic E-state index is 5.45. The van der Waals surface area contributed by atoms with Crippen LogP contribution in [0.4, 0.5) is 0 Å². The van der Waals surface area contributed by atoms with E-state index in [1.54, 1.807) is 0 Å². The van der Waals surface area contributed by atoms with Crippen LogP contribution < -0.4 is 0 Å². The summed E-state index contributed by atoms with van der Waals surface area (Å²) < 4.78 is 5.45. The Morgan fingerprint density at radius 1 is 1.70 bits per heavy atom. The van der Waals surface area contributed by atoms with Gasteiger partial charge in [0.1, 0.15) is 0 Å². The minimum Gasteiger partial charge on any atom is -0.377 e. The predicted molar refractivity (Wildman–Crippen MR) is 41.6 cm³/mol. The molecule has 0 aromatic carbocycles. The van der Waals surface area contributed by atoms with Crippen molar-refractivity contribution in [2.75, 3.05) is 6.61 Å². The van der Waals surface area contributed by atoms with Gasteiger partial charge in [0.05, 0.1) is 6.10 Å². The molecule has 2 atom stereocenters. The van der Waals surface area contributed by atoms with Crippen LogP contribution in [0.15, 0.2) is 0 Å². The molecule has 0 amide bonds. The summed E-state index contributed by atoms with van der Waals surface area (Å²) in [5.41, 5.74) is 0. The fourth-order valence-corrected chi connectivity index (χ4v) is 0.910. The Morgan fingerprint density at radius 3 is 3.00 bits per heavy atom. The summed E-state index contributed by atoms with van der Waals surface area (Å²) in [5.74, 6) is 3.12. The topological polar surface area (TPSA) is 9.23 Å². The quantitative estimate of drug-likeness (QED) is 0.425. The van der Waals surface area contributed by atoms with Crippen molar-refractivity contribution in [1.29, 1.82) is 0 Å². The van der Waals surface area contributed by atoms with Crippen LogP contribution in [0.1, 0.15) is 26.2 Å². The highest BCUT2D eigenvalue weighted by Gasteiger charge is 2.36. The second-order valence-electron chi connectivity index (χ2n) is 2.77. The van der Waals surface area contributed by atoms with E-state index in [1.165, 1.54) is 6.42 Å². The molecular formula is C9H14O. The molecule has 10 heavy (non-hydrogen) atoms. The molecule has 1 fully saturated rings. The Morgan fingerprint density at radius 2 is 2.50 bits per heavy atom. The van der Waals surface area contributed by atoms with Crippen molar-refractivity contribution >= 4 is 0 Å². The second kappa shape index (κ2) is 3.63. The standard InChI is InChI=1S/C9H14O/c1-3-5-6-10-9-7-8(9)4-2/h2,8-9H,3,5-7H2,1H3. The lowest BCUT2D eigenvalue weighted by Crippen LogP contribution is -1.97. The van der Waals surface area contributed by atoms with Gasteiger partial charge in [-0.3, -0.25) is 0 Å². The van der Waals surface area contributed by atoms with Gasteiger partial charge in [0.15, 0.2) is 0 Å². The Kier molecular flexibility index (Phi) is 2.77. The number of terminal acetylenes is 1. The Balaban J connectivity index is 1.93. The van der Waals surface area contributed by atoms with Gasteiger partial charge in [-0.15, -0.1) is 12.3 Å². The summed E-state index contributed by atoms with van der Waals surface area (Å²) in [5, 5.41) is 0. The van der Waals surface area contributed by atoms with Gasteiger partial charge in [0.25, 0.3) is 0 Å². The molecule has 0 bridgehead atoms. The molecule has 0 aromatic heterocycles. The monoisotopic (exact) mass is 138 g/mol. The molecule has 0 aliphatic heterocycles. The third-order valence-corrected chi connectivity index (χ3v) is 1.78. The highest BCUT2D eigenvalue weighted by atomic mass is 16.5. The van der Waals surface area contributed by atoms with Gasteiger partial charge in [-0.1, -0.05) is 13.3 Å². The molecule has 0 saturated heterocycles. The molecular weight excluding hydrogens is 124 g/mol. The zero-order valence-electron chi connectivity index (χ0n) is 6.47. The van der Waals surface area contributed by atoms with Crippen LogP contribution in [0.2, 0.25) is 0 Å². The maximum absolute atomic E-state index is 5.45. The van der Waals surface area contributed by atoms with Crippen LogP contribution in [0.25, 0.3) is 0 Å². The first kappa shape index (κ1) is 7.63. The summed E-state index contributed by atoms with van der Waals surface area (Å²) in [7, 11) is 0. The Hall–Kier alpha value is -0.480. The van der Waals surface area contributed by atoms with Gasteiger partial charge in [-0.2, -0.15) is 0 Å². The normalized spacial score (nSPS) is 29.6. The van der Waals surface area contributed by atoms with Crippen molar-refractivity contribution < 1.29 is 4.74 Å². The molecule has 56 valence electrons. The van der Waals surface area contributed by atoms with Crippen molar-refractivity contribution in [2.45, 2.75) is 32.3 Å².